The molecule has 0 amide bonds. The fraction of sp³-hybridized carbons (Fsp3) is 0.571. The maximum absolute atomic E-state index is 4.31. The molecule has 4 nitrogen and oxygen atoms in total. The summed E-state index contributed by atoms with van der Waals surface area (Å²) >= 11 is 0. The van der Waals surface area contributed by atoms with Crippen LogP contribution in [0, 0.1) is 0 Å². The summed E-state index contributed by atoms with van der Waals surface area (Å²) in [5, 5.41) is 4.31. The molecule has 1 aromatic carbocycles. The quantitative estimate of drug-likeness (QED) is 0.858. The molecule has 1 aliphatic carbocycles. The lowest BCUT2D eigenvalue weighted by Gasteiger charge is -2.48. The SMILES string of the molecule is CN(C)C1CCC2(CCN(Cc3cnn(C)c3)CC2)c2ccccc21. The first-order chi connectivity index (χ1) is 12.1. The van der Waals surface area contributed by atoms with Gasteiger partial charge in [0, 0.05) is 31.4 Å². The summed E-state index contributed by atoms with van der Waals surface area (Å²) in [6.45, 7) is 3.41. The zero-order valence-electron chi connectivity index (χ0n) is 15.8. The van der Waals surface area contributed by atoms with Crippen molar-refractivity contribution in [3.8, 4) is 0 Å². The number of hydrogen-bond donors (Lipinski definition) is 0. The third kappa shape index (κ3) is 3.13. The van der Waals surface area contributed by atoms with Gasteiger partial charge in [0.15, 0.2) is 0 Å². The van der Waals surface area contributed by atoms with Crippen LogP contribution >= 0.6 is 0 Å². The topological polar surface area (TPSA) is 24.3 Å². The van der Waals surface area contributed by atoms with Crippen LogP contribution in [-0.2, 0) is 19.0 Å². The van der Waals surface area contributed by atoms with E-state index in [2.05, 4.69) is 59.5 Å². The number of likely N-dealkylation sites (tertiary alicyclic amines) is 1. The summed E-state index contributed by atoms with van der Waals surface area (Å²) in [5.41, 5.74) is 4.92. The molecule has 2 aromatic rings. The van der Waals surface area contributed by atoms with Gasteiger partial charge < -0.3 is 4.90 Å². The minimum Gasteiger partial charge on any atom is -0.302 e. The molecule has 1 aromatic heterocycles. The van der Waals surface area contributed by atoms with E-state index < -0.39 is 0 Å². The van der Waals surface area contributed by atoms with E-state index in [0.29, 0.717) is 11.5 Å². The molecule has 4 rings (SSSR count). The van der Waals surface area contributed by atoms with Crippen molar-refractivity contribution < 1.29 is 0 Å². The summed E-state index contributed by atoms with van der Waals surface area (Å²) in [5.74, 6) is 0. The van der Waals surface area contributed by atoms with Gasteiger partial charge in [-0.15, -0.1) is 0 Å². The first-order valence-corrected chi connectivity index (χ1v) is 9.53. The van der Waals surface area contributed by atoms with E-state index in [1.165, 1.54) is 44.3 Å². The highest BCUT2D eigenvalue weighted by molar-refractivity contribution is 5.39. The summed E-state index contributed by atoms with van der Waals surface area (Å²) in [4.78, 5) is 4.99. The van der Waals surface area contributed by atoms with Crippen molar-refractivity contribution in [1.82, 2.24) is 19.6 Å². The second-order valence-corrected chi connectivity index (χ2v) is 8.18. The molecule has 0 N–H and O–H groups in total. The Balaban J connectivity index is 1.51. The summed E-state index contributed by atoms with van der Waals surface area (Å²) in [6.07, 6.45) is 9.32. The lowest BCUT2D eigenvalue weighted by atomic mass is 9.63. The minimum atomic E-state index is 0.397. The Morgan fingerprint density at radius 2 is 1.92 bits per heavy atom. The van der Waals surface area contributed by atoms with Crippen LogP contribution in [0.3, 0.4) is 0 Å². The van der Waals surface area contributed by atoms with Gasteiger partial charge in [-0.1, -0.05) is 24.3 Å². The Bertz CT molecular complexity index is 725. The monoisotopic (exact) mass is 338 g/mol. The number of benzene rings is 1. The van der Waals surface area contributed by atoms with Crippen molar-refractivity contribution in [3.63, 3.8) is 0 Å². The van der Waals surface area contributed by atoms with Crippen LogP contribution in [0.5, 0.6) is 0 Å². The number of fused-ring (bicyclic) bond motifs is 2. The van der Waals surface area contributed by atoms with Crippen LogP contribution in [0.4, 0.5) is 0 Å². The van der Waals surface area contributed by atoms with E-state index in [9.17, 15) is 0 Å². The van der Waals surface area contributed by atoms with Crippen LogP contribution < -0.4 is 0 Å². The second kappa shape index (κ2) is 6.58. The molecule has 134 valence electrons. The standard InChI is InChI=1S/C21H30N4/c1-23(2)20-8-9-21(19-7-5-4-6-18(19)20)10-12-25(13-11-21)16-17-14-22-24(3)15-17/h4-7,14-15,20H,8-13,16H2,1-3H3. The lowest BCUT2D eigenvalue weighted by Crippen LogP contribution is -2.45. The Morgan fingerprint density at radius 1 is 1.16 bits per heavy atom. The molecule has 4 heteroatoms. The van der Waals surface area contributed by atoms with Crippen LogP contribution in [0.15, 0.2) is 36.7 Å². The summed E-state index contributed by atoms with van der Waals surface area (Å²) in [6, 6.07) is 9.80. The molecular formula is C21H30N4. The molecule has 2 heterocycles. The molecule has 25 heavy (non-hydrogen) atoms. The fourth-order valence-corrected chi connectivity index (χ4v) is 4.98. The number of nitrogens with zero attached hydrogens (tertiary/aromatic N) is 4. The second-order valence-electron chi connectivity index (χ2n) is 8.18. The van der Waals surface area contributed by atoms with E-state index in [4.69, 9.17) is 0 Å². The first-order valence-electron chi connectivity index (χ1n) is 9.53. The number of hydrogen-bond acceptors (Lipinski definition) is 3. The molecule has 0 radical (unpaired) electrons. The number of aromatic nitrogens is 2. The van der Waals surface area contributed by atoms with Crippen LogP contribution in [0.2, 0.25) is 0 Å². The van der Waals surface area contributed by atoms with Crippen molar-refractivity contribution in [3.05, 3.63) is 53.3 Å². The molecule has 2 aliphatic rings. The average molecular weight is 338 g/mol. The lowest BCUT2D eigenvalue weighted by molar-refractivity contribution is 0.122. The molecule has 0 bridgehead atoms. The highest BCUT2D eigenvalue weighted by atomic mass is 15.2. The zero-order valence-corrected chi connectivity index (χ0v) is 15.8. The maximum atomic E-state index is 4.31. The van der Waals surface area contributed by atoms with Gasteiger partial charge in [-0.05, 0) is 69.4 Å². The highest BCUT2D eigenvalue weighted by Gasteiger charge is 2.42. The first kappa shape index (κ1) is 16.8. The number of aryl methyl sites for hydroxylation is 1. The average Bonchev–Trinajstić information content (AvgIpc) is 3.02. The van der Waals surface area contributed by atoms with Gasteiger partial charge in [0.05, 0.1) is 6.20 Å². The highest BCUT2D eigenvalue weighted by Crippen LogP contribution is 2.49. The van der Waals surface area contributed by atoms with Gasteiger partial charge in [-0.2, -0.15) is 5.10 Å². The predicted molar refractivity (Wildman–Crippen MR) is 102 cm³/mol. The van der Waals surface area contributed by atoms with Crippen LogP contribution in [-0.4, -0.2) is 46.8 Å². The Hall–Kier alpha value is -1.65. The van der Waals surface area contributed by atoms with E-state index in [-0.39, 0.29) is 0 Å². The molecule has 1 spiro atoms. The van der Waals surface area contributed by atoms with Crippen molar-refractivity contribution >= 4 is 0 Å². The summed E-state index contributed by atoms with van der Waals surface area (Å²) in [7, 11) is 6.43. The minimum absolute atomic E-state index is 0.397. The smallest absolute Gasteiger partial charge is 0.0534 e. The van der Waals surface area contributed by atoms with E-state index in [1.54, 1.807) is 11.1 Å². The third-order valence-electron chi connectivity index (χ3n) is 6.39. The molecule has 1 fully saturated rings. The molecule has 1 atom stereocenters. The van der Waals surface area contributed by atoms with Gasteiger partial charge >= 0.3 is 0 Å². The normalized spacial score (nSPS) is 23.1. The Labute approximate surface area is 151 Å². The summed E-state index contributed by atoms with van der Waals surface area (Å²) < 4.78 is 1.90. The van der Waals surface area contributed by atoms with Crippen molar-refractivity contribution in [1.29, 1.82) is 0 Å². The van der Waals surface area contributed by atoms with Crippen molar-refractivity contribution in [2.45, 2.75) is 43.7 Å². The van der Waals surface area contributed by atoms with Gasteiger partial charge in [-0.25, -0.2) is 0 Å². The zero-order chi connectivity index (χ0) is 17.4. The Morgan fingerprint density at radius 3 is 2.60 bits per heavy atom. The molecule has 1 aliphatic heterocycles. The van der Waals surface area contributed by atoms with E-state index >= 15 is 0 Å². The van der Waals surface area contributed by atoms with Gasteiger partial charge in [-0.3, -0.25) is 9.58 Å². The van der Waals surface area contributed by atoms with E-state index in [0.717, 1.165) is 6.54 Å². The fourth-order valence-electron chi connectivity index (χ4n) is 4.98. The van der Waals surface area contributed by atoms with Crippen molar-refractivity contribution in [2.24, 2.45) is 7.05 Å². The third-order valence-corrected chi connectivity index (χ3v) is 6.39. The maximum Gasteiger partial charge on any atom is 0.0534 e. The van der Waals surface area contributed by atoms with Gasteiger partial charge in [0.25, 0.3) is 0 Å². The molecular weight excluding hydrogens is 308 g/mol. The molecule has 1 unspecified atom stereocenters. The molecule has 1 saturated heterocycles. The van der Waals surface area contributed by atoms with Gasteiger partial charge in [0.1, 0.15) is 0 Å². The largest absolute Gasteiger partial charge is 0.302 e. The molecule has 0 saturated carbocycles. The van der Waals surface area contributed by atoms with Crippen molar-refractivity contribution in [2.75, 3.05) is 27.2 Å². The van der Waals surface area contributed by atoms with Gasteiger partial charge in [0.2, 0.25) is 0 Å². The van der Waals surface area contributed by atoms with Crippen LogP contribution in [0.1, 0.15) is 48.4 Å². The van der Waals surface area contributed by atoms with Crippen LogP contribution in [0.25, 0.3) is 0 Å². The predicted octanol–water partition coefficient (Wildman–Crippen LogP) is 3.35. The number of rotatable bonds is 3. The van der Waals surface area contributed by atoms with E-state index in [1.807, 2.05) is 17.9 Å². The Kier molecular flexibility index (Phi) is 4.42. The number of piperidine rings is 1.